The van der Waals surface area contributed by atoms with Gasteiger partial charge in [-0.2, -0.15) is 10.5 Å². The predicted octanol–water partition coefficient (Wildman–Crippen LogP) is 7.38. The predicted molar refractivity (Wildman–Crippen MR) is 176 cm³/mol. The SMILES string of the molecule is COc1ccc(-c2nc(N3CCC(NC(=O)OC(C)(C)C)CC3)c(C#N)cc2-c2ccc(C#N)c(F)c2)cc1OCc1ccccc1. The zero-order chi connectivity index (χ0) is 33.6. The molecule has 9 nitrogen and oxygen atoms in total. The molecule has 0 atom stereocenters. The van der Waals surface area contributed by atoms with E-state index in [1.807, 2.05) is 74.2 Å². The van der Waals surface area contributed by atoms with Crippen LogP contribution < -0.4 is 19.7 Å². The van der Waals surface area contributed by atoms with E-state index in [0.717, 1.165) is 5.56 Å². The summed E-state index contributed by atoms with van der Waals surface area (Å²) >= 11 is 0. The Labute approximate surface area is 274 Å². The van der Waals surface area contributed by atoms with Gasteiger partial charge in [0.25, 0.3) is 0 Å². The molecule has 240 valence electrons. The minimum atomic E-state index is -0.667. The van der Waals surface area contributed by atoms with Crippen molar-refractivity contribution >= 4 is 11.9 Å². The Balaban J connectivity index is 1.52. The van der Waals surface area contributed by atoms with Crippen LogP contribution in [0.15, 0.2) is 72.8 Å². The molecule has 0 aliphatic carbocycles. The second-order valence-electron chi connectivity index (χ2n) is 12.2. The molecule has 0 spiro atoms. The first-order chi connectivity index (χ1) is 22.6. The van der Waals surface area contributed by atoms with Crippen LogP contribution in [0, 0.1) is 28.5 Å². The number of piperidine rings is 1. The number of benzene rings is 3. The van der Waals surface area contributed by atoms with Crippen molar-refractivity contribution in [2.45, 2.75) is 51.9 Å². The minimum Gasteiger partial charge on any atom is -0.493 e. The van der Waals surface area contributed by atoms with Crippen LogP contribution in [0.5, 0.6) is 11.5 Å². The number of aromatic nitrogens is 1. The number of rotatable bonds is 8. The first kappa shape index (κ1) is 32.8. The van der Waals surface area contributed by atoms with Crippen molar-refractivity contribution < 1.29 is 23.4 Å². The van der Waals surface area contributed by atoms with Gasteiger partial charge in [-0.25, -0.2) is 14.2 Å². The minimum absolute atomic E-state index is 0.0794. The number of amides is 1. The number of halogens is 1. The number of nitrogens with zero attached hydrogens (tertiary/aromatic N) is 4. The normalized spacial score (nSPS) is 13.3. The summed E-state index contributed by atoms with van der Waals surface area (Å²) in [4.78, 5) is 19.4. The lowest BCUT2D eigenvalue weighted by molar-refractivity contribution is 0.0497. The van der Waals surface area contributed by atoms with Gasteiger partial charge in [-0.1, -0.05) is 36.4 Å². The molecule has 0 radical (unpaired) electrons. The highest BCUT2D eigenvalue weighted by atomic mass is 19.1. The van der Waals surface area contributed by atoms with Crippen molar-refractivity contribution in [2.24, 2.45) is 0 Å². The first-order valence-corrected chi connectivity index (χ1v) is 15.3. The molecule has 1 N–H and O–H groups in total. The van der Waals surface area contributed by atoms with Gasteiger partial charge in [0.1, 0.15) is 36.0 Å². The number of alkyl carbamates (subject to hydrolysis) is 1. The number of pyridine rings is 1. The van der Waals surface area contributed by atoms with Gasteiger partial charge in [0.2, 0.25) is 0 Å². The molecule has 1 amide bonds. The molecule has 0 unspecified atom stereocenters. The van der Waals surface area contributed by atoms with Gasteiger partial charge in [-0.15, -0.1) is 0 Å². The van der Waals surface area contributed by atoms with Crippen LogP contribution in [0.1, 0.15) is 50.3 Å². The maximum absolute atomic E-state index is 14.9. The van der Waals surface area contributed by atoms with E-state index in [0.29, 0.717) is 77.8 Å². The third-order valence-corrected chi connectivity index (χ3v) is 7.71. The molecule has 0 bridgehead atoms. The lowest BCUT2D eigenvalue weighted by Crippen LogP contribution is -2.46. The van der Waals surface area contributed by atoms with E-state index >= 15 is 0 Å². The quantitative estimate of drug-likeness (QED) is 0.213. The molecule has 2 heterocycles. The van der Waals surface area contributed by atoms with Crippen molar-refractivity contribution in [3.05, 3.63) is 95.3 Å². The van der Waals surface area contributed by atoms with Gasteiger partial charge in [0.05, 0.1) is 23.9 Å². The molecule has 1 saturated heterocycles. The Hall–Kier alpha value is -5.61. The van der Waals surface area contributed by atoms with Crippen molar-refractivity contribution in [3.8, 4) is 46.0 Å². The maximum Gasteiger partial charge on any atom is 0.407 e. The molecule has 1 fully saturated rings. The number of ether oxygens (including phenoxy) is 3. The fourth-order valence-corrected chi connectivity index (χ4v) is 5.42. The molecule has 4 aromatic rings. The second kappa shape index (κ2) is 14.2. The van der Waals surface area contributed by atoms with Crippen molar-refractivity contribution in [1.82, 2.24) is 10.3 Å². The molecule has 47 heavy (non-hydrogen) atoms. The Kier molecular flexibility index (Phi) is 9.91. The van der Waals surface area contributed by atoms with Crippen LogP contribution >= 0.6 is 0 Å². The van der Waals surface area contributed by atoms with Gasteiger partial charge in [0, 0.05) is 30.3 Å². The second-order valence-corrected chi connectivity index (χ2v) is 12.2. The number of anilines is 1. The van der Waals surface area contributed by atoms with E-state index in [9.17, 15) is 19.7 Å². The number of methoxy groups -OCH3 is 1. The molecular weight excluding hydrogens is 597 g/mol. The monoisotopic (exact) mass is 633 g/mol. The summed E-state index contributed by atoms with van der Waals surface area (Å²) in [6, 6.07) is 25.3. The highest BCUT2D eigenvalue weighted by Gasteiger charge is 2.27. The summed E-state index contributed by atoms with van der Waals surface area (Å²) in [5.41, 5.74) is 2.79. The van der Waals surface area contributed by atoms with Crippen LogP contribution in [0.4, 0.5) is 15.0 Å². The van der Waals surface area contributed by atoms with Gasteiger partial charge < -0.3 is 24.4 Å². The number of carbonyl (C=O) groups is 1. The smallest absolute Gasteiger partial charge is 0.407 e. The maximum atomic E-state index is 14.9. The van der Waals surface area contributed by atoms with Crippen LogP contribution in [-0.2, 0) is 11.3 Å². The topological polar surface area (TPSA) is 120 Å². The fourth-order valence-electron chi connectivity index (χ4n) is 5.42. The Morgan fingerprint density at radius 1 is 0.957 bits per heavy atom. The largest absolute Gasteiger partial charge is 0.493 e. The number of nitriles is 2. The number of hydrogen-bond acceptors (Lipinski definition) is 8. The van der Waals surface area contributed by atoms with Gasteiger partial charge in [0.15, 0.2) is 11.5 Å². The van der Waals surface area contributed by atoms with Gasteiger partial charge in [-0.05, 0) is 81.1 Å². The highest BCUT2D eigenvalue weighted by molar-refractivity contribution is 5.85. The summed E-state index contributed by atoms with van der Waals surface area (Å²) in [6.45, 7) is 6.85. The van der Waals surface area contributed by atoms with Crippen LogP contribution in [0.3, 0.4) is 0 Å². The summed E-state index contributed by atoms with van der Waals surface area (Å²) in [5.74, 6) is 0.843. The highest BCUT2D eigenvalue weighted by Crippen LogP contribution is 2.39. The molecule has 0 saturated carbocycles. The third-order valence-electron chi connectivity index (χ3n) is 7.71. The van der Waals surface area contributed by atoms with Crippen LogP contribution in [-0.4, -0.2) is 42.9 Å². The fraction of sp³-hybridized carbons (Fsp3) is 0.297. The van der Waals surface area contributed by atoms with Crippen LogP contribution in [0.2, 0.25) is 0 Å². The lowest BCUT2D eigenvalue weighted by Gasteiger charge is -2.34. The molecule has 1 aliphatic rings. The Bertz CT molecular complexity index is 1830. The number of hydrogen-bond donors (Lipinski definition) is 1. The summed E-state index contributed by atoms with van der Waals surface area (Å²) in [7, 11) is 1.56. The third kappa shape index (κ3) is 7.98. The average Bonchev–Trinajstić information content (AvgIpc) is 3.06. The standard InChI is InChI=1S/C37H36FN5O4/c1-37(2,3)47-36(44)41-29-14-16-43(17-15-29)35-28(22-40)18-30(25-10-11-27(21-39)31(38)19-25)34(42-35)26-12-13-32(45-4)33(20-26)46-23-24-8-6-5-7-9-24/h5-13,18-20,29H,14-17,23H2,1-4H3,(H,41,44). The van der Waals surface area contributed by atoms with Gasteiger partial charge in [-0.3, -0.25) is 0 Å². The summed E-state index contributed by atoms with van der Waals surface area (Å²) < 4.78 is 32.1. The summed E-state index contributed by atoms with van der Waals surface area (Å²) in [6.07, 6.45) is 0.797. The van der Waals surface area contributed by atoms with E-state index in [-0.39, 0.29) is 11.6 Å². The van der Waals surface area contributed by atoms with Crippen LogP contribution in [0.25, 0.3) is 22.4 Å². The molecule has 1 aliphatic heterocycles. The van der Waals surface area contributed by atoms with E-state index in [4.69, 9.17) is 19.2 Å². The van der Waals surface area contributed by atoms with E-state index in [1.54, 1.807) is 25.3 Å². The zero-order valence-electron chi connectivity index (χ0n) is 26.8. The molecule has 10 heteroatoms. The average molecular weight is 634 g/mol. The lowest BCUT2D eigenvalue weighted by atomic mass is 9.96. The molecule has 3 aromatic carbocycles. The van der Waals surface area contributed by atoms with E-state index in [2.05, 4.69) is 11.4 Å². The van der Waals surface area contributed by atoms with Gasteiger partial charge >= 0.3 is 6.09 Å². The number of carbonyl (C=O) groups excluding carboxylic acids is 1. The first-order valence-electron chi connectivity index (χ1n) is 15.3. The summed E-state index contributed by atoms with van der Waals surface area (Å²) in [5, 5.41) is 22.5. The molecule has 5 rings (SSSR count). The zero-order valence-corrected chi connectivity index (χ0v) is 26.8. The Morgan fingerprint density at radius 3 is 2.30 bits per heavy atom. The Morgan fingerprint density at radius 2 is 1.66 bits per heavy atom. The van der Waals surface area contributed by atoms with E-state index < -0.39 is 17.5 Å². The molecular formula is C37H36FN5O4. The van der Waals surface area contributed by atoms with Crippen molar-refractivity contribution in [1.29, 1.82) is 10.5 Å². The van der Waals surface area contributed by atoms with Crippen molar-refractivity contribution in [3.63, 3.8) is 0 Å². The van der Waals surface area contributed by atoms with E-state index in [1.165, 1.54) is 12.1 Å². The molecule has 1 aromatic heterocycles. The number of nitrogens with one attached hydrogen (secondary N) is 1. The van der Waals surface area contributed by atoms with Crippen molar-refractivity contribution in [2.75, 3.05) is 25.1 Å².